The van der Waals surface area contributed by atoms with Gasteiger partial charge in [0.15, 0.2) is 0 Å². The molecule has 3 aromatic heterocycles. The first-order valence-corrected chi connectivity index (χ1v) is 23.8. The molecule has 0 unspecified atom stereocenters. The fraction of sp³-hybridized carbons (Fsp3) is 0.0164. The molecule has 0 fully saturated rings. The van der Waals surface area contributed by atoms with Gasteiger partial charge in [0.1, 0.15) is 0 Å². The quantitative estimate of drug-likeness (QED) is 0.155. The molecule has 10 aromatic carbocycles. The van der Waals surface area contributed by atoms with Crippen LogP contribution in [-0.2, 0) is 0 Å². The summed E-state index contributed by atoms with van der Waals surface area (Å²) in [6.45, 7) is 2.25. The zero-order valence-electron chi connectivity index (χ0n) is 35.6. The monoisotopic (exact) mass is 864 g/mol. The first kappa shape index (κ1) is 37.8. The van der Waals surface area contributed by atoms with Gasteiger partial charge < -0.3 is 9.47 Å². The van der Waals surface area contributed by atoms with Crippen LogP contribution in [0, 0.1) is 6.92 Å². The molecule has 13 rings (SSSR count). The molecule has 65 heavy (non-hydrogen) atoms. The van der Waals surface area contributed by atoms with Crippen molar-refractivity contribution < 1.29 is 0 Å². The summed E-state index contributed by atoms with van der Waals surface area (Å²) >= 11 is 3.76. The molecule has 0 N–H and O–H groups in total. The average Bonchev–Trinajstić information content (AvgIpc) is 4.05. The third-order valence-electron chi connectivity index (χ3n) is 13.1. The van der Waals surface area contributed by atoms with Crippen LogP contribution >= 0.6 is 22.7 Å². The second-order valence-electron chi connectivity index (χ2n) is 16.8. The second-order valence-corrected chi connectivity index (χ2v) is 19.0. The molecule has 0 aliphatic carbocycles. The normalized spacial score (nSPS) is 11.8. The fourth-order valence-electron chi connectivity index (χ4n) is 10.2. The zero-order chi connectivity index (χ0) is 43.0. The highest BCUT2D eigenvalue weighted by Crippen LogP contribution is 2.51. The van der Waals surface area contributed by atoms with Gasteiger partial charge in [-0.2, -0.15) is 0 Å². The Morgan fingerprint density at radius 1 is 0.369 bits per heavy atom. The Bertz CT molecular complexity index is 3910. The van der Waals surface area contributed by atoms with E-state index in [-0.39, 0.29) is 0 Å². The molecule has 0 saturated carbocycles. The third kappa shape index (κ3) is 6.06. The molecular formula is C61H40N2S2. The van der Waals surface area contributed by atoms with E-state index in [1.54, 1.807) is 0 Å². The fourth-order valence-corrected chi connectivity index (χ4v) is 12.6. The highest BCUT2D eigenvalue weighted by Gasteiger charge is 2.24. The maximum Gasteiger partial charge on any atom is 0.0555 e. The summed E-state index contributed by atoms with van der Waals surface area (Å²) in [5, 5.41) is 7.68. The number of nitrogens with zero attached hydrogens (tertiary/aromatic N) is 2. The average molecular weight is 865 g/mol. The van der Waals surface area contributed by atoms with Crippen molar-refractivity contribution in [1.29, 1.82) is 0 Å². The number of hydrogen-bond acceptors (Lipinski definition) is 3. The lowest BCUT2D eigenvalue weighted by Gasteiger charge is -2.29. The van der Waals surface area contributed by atoms with Gasteiger partial charge in [-0.1, -0.05) is 158 Å². The molecule has 4 heteroatoms. The van der Waals surface area contributed by atoms with E-state index in [1.807, 2.05) is 22.7 Å². The SMILES string of the molecule is Cc1cc(-c2ccccc2)ccc1N(c1ccc(-c2cccc3sc4ccccc4c23)cc1)c1ccc(-c2ccccc2-n2c3ccccc3c3ccccc32)c2sc3ccccc3c12. The van der Waals surface area contributed by atoms with E-state index in [0.29, 0.717) is 0 Å². The molecule has 0 aliphatic rings. The molecule has 0 saturated heterocycles. The predicted molar refractivity (Wildman–Crippen MR) is 282 cm³/mol. The zero-order valence-corrected chi connectivity index (χ0v) is 37.2. The van der Waals surface area contributed by atoms with Crippen LogP contribution in [-0.4, -0.2) is 4.57 Å². The van der Waals surface area contributed by atoms with Gasteiger partial charge in [-0.15, -0.1) is 22.7 Å². The van der Waals surface area contributed by atoms with Crippen LogP contribution in [0.4, 0.5) is 17.1 Å². The smallest absolute Gasteiger partial charge is 0.0555 e. The largest absolute Gasteiger partial charge is 0.310 e. The van der Waals surface area contributed by atoms with E-state index in [2.05, 4.69) is 241 Å². The van der Waals surface area contributed by atoms with Crippen molar-refractivity contribution in [2.45, 2.75) is 6.92 Å². The maximum absolute atomic E-state index is 2.50. The summed E-state index contributed by atoms with van der Waals surface area (Å²) < 4.78 is 7.63. The van der Waals surface area contributed by atoms with Crippen LogP contribution in [0.3, 0.4) is 0 Å². The van der Waals surface area contributed by atoms with Crippen LogP contribution in [0.25, 0.3) is 101 Å². The molecule has 0 amide bonds. The molecule has 0 bridgehead atoms. The number of aromatic nitrogens is 1. The molecule has 13 aromatic rings. The Hall–Kier alpha value is -7.76. The molecular weight excluding hydrogens is 825 g/mol. The minimum atomic E-state index is 1.11. The van der Waals surface area contributed by atoms with Gasteiger partial charge in [-0.3, -0.25) is 0 Å². The van der Waals surface area contributed by atoms with Crippen LogP contribution in [0.5, 0.6) is 0 Å². The van der Waals surface area contributed by atoms with Crippen LogP contribution < -0.4 is 4.90 Å². The summed E-state index contributed by atoms with van der Waals surface area (Å²) in [4.78, 5) is 2.50. The Morgan fingerprint density at radius 2 is 0.938 bits per heavy atom. The lowest BCUT2D eigenvalue weighted by molar-refractivity contribution is 1.18. The van der Waals surface area contributed by atoms with Crippen molar-refractivity contribution in [3.8, 4) is 39.1 Å². The molecule has 3 heterocycles. The maximum atomic E-state index is 2.50. The predicted octanol–water partition coefficient (Wildman–Crippen LogP) is 18.3. The number of benzene rings is 10. The minimum Gasteiger partial charge on any atom is -0.310 e. The summed E-state index contributed by atoms with van der Waals surface area (Å²) in [5.74, 6) is 0. The van der Waals surface area contributed by atoms with Crippen LogP contribution in [0.15, 0.2) is 224 Å². The topological polar surface area (TPSA) is 8.17 Å². The van der Waals surface area contributed by atoms with Gasteiger partial charge in [0.2, 0.25) is 0 Å². The van der Waals surface area contributed by atoms with Gasteiger partial charge >= 0.3 is 0 Å². The first-order valence-electron chi connectivity index (χ1n) is 22.2. The Labute approximate surface area is 385 Å². The minimum absolute atomic E-state index is 1.11. The summed E-state index contributed by atoms with van der Waals surface area (Å²) in [6, 6.07) is 82.6. The standard InChI is InChI=1S/C61H40N2S2/c1-39-38-42(40-16-3-2-4-17-40)32-36-51(39)62(43-33-30-41(31-34-43)44-23-15-29-58-59(44)49-21-8-13-27-56(49)64-58)55-37-35-48(61-60(55)50-22-9-14-28-57(50)65-61)47-20-7-12-26-54(47)63-52-24-10-5-18-45(52)46-19-6-11-25-53(46)63/h2-38H,1H3. The van der Waals surface area contributed by atoms with Crippen molar-refractivity contribution >= 4 is 102 Å². The van der Waals surface area contributed by atoms with Crippen molar-refractivity contribution in [3.63, 3.8) is 0 Å². The van der Waals surface area contributed by atoms with Crippen molar-refractivity contribution in [3.05, 3.63) is 230 Å². The molecule has 2 nitrogen and oxygen atoms in total. The number of rotatable bonds is 7. The van der Waals surface area contributed by atoms with E-state index in [4.69, 9.17) is 0 Å². The number of fused-ring (bicyclic) bond motifs is 9. The lowest BCUT2D eigenvalue weighted by atomic mass is 9.97. The Morgan fingerprint density at radius 3 is 1.68 bits per heavy atom. The van der Waals surface area contributed by atoms with E-state index >= 15 is 0 Å². The highest BCUT2D eigenvalue weighted by molar-refractivity contribution is 7.26. The van der Waals surface area contributed by atoms with E-state index < -0.39 is 0 Å². The van der Waals surface area contributed by atoms with Crippen LogP contribution in [0.2, 0.25) is 0 Å². The molecule has 0 radical (unpaired) electrons. The molecule has 306 valence electrons. The molecule has 0 aliphatic heterocycles. The number of anilines is 3. The van der Waals surface area contributed by atoms with Gasteiger partial charge in [-0.25, -0.2) is 0 Å². The van der Waals surface area contributed by atoms with Crippen LogP contribution in [0.1, 0.15) is 5.56 Å². The molecule has 0 spiro atoms. The molecule has 0 atom stereocenters. The van der Waals surface area contributed by atoms with Crippen molar-refractivity contribution in [2.24, 2.45) is 0 Å². The van der Waals surface area contributed by atoms with Crippen molar-refractivity contribution in [2.75, 3.05) is 4.90 Å². The van der Waals surface area contributed by atoms with Gasteiger partial charge in [-0.05, 0) is 101 Å². The van der Waals surface area contributed by atoms with E-state index in [1.165, 1.54) is 107 Å². The van der Waals surface area contributed by atoms with Crippen molar-refractivity contribution in [1.82, 2.24) is 4.57 Å². The summed E-state index contributed by atoms with van der Waals surface area (Å²) in [5.41, 5.74) is 15.5. The highest BCUT2D eigenvalue weighted by atomic mass is 32.1. The van der Waals surface area contributed by atoms with Gasteiger partial charge in [0.25, 0.3) is 0 Å². The number of hydrogen-bond donors (Lipinski definition) is 0. The Balaban J connectivity index is 1.04. The Kier molecular flexibility index (Phi) is 8.83. The van der Waals surface area contributed by atoms with E-state index in [0.717, 1.165) is 17.1 Å². The number of para-hydroxylation sites is 3. The first-order chi connectivity index (χ1) is 32.2. The second kappa shape index (κ2) is 15.2. The summed E-state index contributed by atoms with van der Waals surface area (Å²) in [6.07, 6.45) is 0. The van der Waals surface area contributed by atoms with Gasteiger partial charge in [0.05, 0.1) is 22.4 Å². The summed E-state index contributed by atoms with van der Waals surface area (Å²) in [7, 11) is 0. The number of aryl methyl sites for hydroxylation is 1. The van der Waals surface area contributed by atoms with E-state index in [9.17, 15) is 0 Å². The third-order valence-corrected chi connectivity index (χ3v) is 15.5. The lowest BCUT2D eigenvalue weighted by Crippen LogP contribution is -2.12. The number of thiophene rings is 2. The van der Waals surface area contributed by atoms with Gasteiger partial charge in [0, 0.05) is 73.6 Å².